The van der Waals surface area contributed by atoms with Gasteiger partial charge in [-0.25, -0.2) is 4.98 Å². The number of rotatable bonds is 4. The monoisotopic (exact) mass is 427 g/mol. The molecular formula is C24H30BrNO. The Labute approximate surface area is 173 Å². The van der Waals surface area contributed by atoms with Crippen molar-refractivity contribution in [2.45, 2.75) is 70.8 Å². The number of hydrogen-bond acceptors (Lipinski definition) is 2. The number of allylic oxidation sites excluding steroid dienone is 1. The summed E-state index contributed by atoms with van der Waals surface area (Å²) in [5.74, 6) is 0. The molecule has 1 heterocycles. The normalized spacial score (nSPS) is 19.9. The van der Waals surface area contributed by atoms with Gasteiger partial charge in [-0.1, -0.05) is 43.7 Å². The van der Waals surface area contributed by atoms with Gasteiger partial charge in [0.25, 0.3) is 0 Å². The van der Waals surface area contributed by atoms with E-state index in [1.807, 2.05) is 0 Å². The van der Waals surface area contributed by atoms with E-state index in [1.54, 1.807) is 0 Å². The summed E-state index contributed by atoms with van der Waals surface area (Å²) < 4.78 is 0. The van der Waals surface area contributed by atoms with E-state index in [0.29, 0.717) is 0 Å². The maximum Gasteiger partial charge on any atom is 0.0963 e. The Morgan fingerprint density at radius 2 is 1.85 bits per heavy atom. The van der Waals surface area contributed by atoms with Crippen LogP contribution >= 0.6 is 17.0 Å². The molecule has 4 rings (SSSR count). The molecule has 0 saturated carbocycles. The standard InChI is InChI=1S/C24H29NO.BrH/c1-2-3-12-19-20-13-7-11-18(16-17-9-5-4-6-10-17)23(20)25-24-21(19)14-8-15-22(24)26;/h4-6,9-10,16,22,26H,2-3,7-8,11-15H2,1H3;1H/b18-16+;. The topological polar surface area (TPSA) is 33.1 Å². The largest absolute Gasteiger partial charge is 0.387 e. The molecule has 1 aromatic heterocycles. The van der Waals surface area contributed by atoms with Crippen molar-refractivity contribution >= 4 is 28.6 Å². The summed E-state index contributed by atoms with van der Waals surface area (Å²) >= 11 is 0. The lowest BCUT2D eigenvalue weighted by atomic mass is 9.80. The molecular weight excluding hydrogens is 398 g/mol. The van der Waals surface area contributed by atoms with Gasteiger partial charge in [-0.05, 0) is 85.3 Å². The van der Waals surface area contributed by atoms with Crippen molar-refractivity contribution in [3.63, 3.8) is 0 Å². The van der Waals surface area contributed by atoms with Crippen LogP contribution in [0.5, 0.6) is 0 Å². The average molecular weight is 428 g/mol. The predicted octanol–water partition coefficient (Wildman–Crippen LogP) is 6.25. The third-order valence-corrected chi connectivity index (χ3v) is 5.87. The maximum atomic E-state index is 10.6. The van der Waals surface area contributed by atoms with Crippen molar-refractivity contribution in [2.75, 3.05) is 0 Å². The Balaban J connectivity index is 0.00000210. The van der Waals surface area contributed by atoms with Crippen LogP contribution in [0.15, 0.2) is 30.3 Å². The molecule has 1 atom stereocenters. The van der Waals surface area contributed by atoms with Gasteiger partial charge >= 0.3 is 0 Å². The van der Waals surface area contributed by atoms with Gasteiger partial charge in [0.2, 0.25) is 0 Å². The summed E-state index contributed by atoms with van der Waals surface area (Å²) in [7, 11) is 0. The van der Waals surface area contributed by atoms with Crippen molar-refractivity contribution in [1.82, 2.24) is 4.98 Å². The Hall–Kier alpha value is -1.45. The van der Waals surface area contributed by atoms with Crippen LogP contribution in [0.1, 0.15) is 85.2 Å². The molecule has 2 nitrogen and oxygen atoms in total. The molecule has 1 unspecified atom stereocenters. The molecule has 1 N–H and O–H groups in total. The maximum absolute atomic E-state index is 10.6. The first-order valence-corrected chi connectivity index (χ1v) is 10.3. The lowest BCUT2D eigenvalue weighted by Crippen LogP contribution is -2.20. The number of aliphatic hydroxyl groups is 1. The van der Waals surface area contributed by atoms with E-state index in [9.17, 15) is 5.11 Å². The second kappa shape index (κ2) is 9.16. The lowest BCUT2D eigenvalue weighted by molar-refractivity contribution is 0.151. The second-order valence-electron chi connectivity index (χ2n) is 7.73. The van der Waals surface area contributed by atoms with Crippen molar-refractivity contribution in [1.29, 1.82) is 0 Å². The van der Waals surface area contributed by atoms with Crippen LogP contribution in [0.4, 0.5) is 0 Å². The highest BCUT2D eigenvalue weighted by molar-refractivity contribution is 8.93. The van der Waals surface area contributed by atoms with E-state index < -0.39 is 0 Å². The molecule has 0 aliphatic heterocycles. The highest BCUT2D eigenvalue weighted by Gasteiger charge is 2.28. The van der Waals surface area contributed by atoms with Crippen LogP contribution < -0.4 is 0 Å². The number of fused-ring (bicyclic) bond motifs is 2. The van der Waals surface area contributed by atoms with Gasteiger partial charge in [-0.2, -0.15) is 0 Å². The van der Waals surface area contributed by atoms with Crippen LogP contribution in [0.25, 0.3) is 11.6 Å². The minimum atomic E-state index is -0.385. The smallest absolute Gasteiger partial charge is 0.0963 e. The Morgan fingerprint density at radius 1 is 1.07 bits per heavy atom. The lowest BCUT2D eigenvalue weighted by Gasteiger charge is -2.30. The molecule has 3 heteroatoms. The number of benzene rings is 1. The van der Waals surface area contributed by atoms with E-state index in [1.165, 1.54) is 52.8 Å². The van der Waals surface area contributed by atoms with Gasteiger partial charge < -0.3 is 5.11 Å². The van der Waals surface area contributed by atoms with Crippen LogP contribution in [0.2, 0.25) is 0 Å². The van der Waals surface area contributed by atoms with Crippen molar-refractivity contribution < 1.29 is 5.11 Å². The summed E-state index contributed by atoms with van der Waals surface area (Å²) in [6, 6.07) is 10.6. The fourth-order valence-corrected chi connectivity index (χ4v) is 4.55. The number of halogens is 1. The van der Waals surface area contributed by atoms with Crippen molar-refractivity contribution in [3.8, 4) is 0 Å². The zero-order chi connectivity index (χ0) is 17.9. The Morgan fingerprint density at radius 3 is 2.63 bits per heavy atom. The molecule has 1 aromatic carbocycles. The van der Waals surface area contributed by atoms with E-state index in [-0.39, 0.29) is 23.1 Å². The molecule has 2 aliphatic carbocycles. The van der Waals surface area contributed by atoms with Crippen molar-refractivity contribution in [3.05, 3.63) is 64.0 Å². The number of nitrogens with zero attached hydrogens (tertiary/aromatic N) is 1. The summed E-state index contributed by atoms with van der Waals surface area (Å²) in [5, 5.41) is 10.6. The Kier molecular flexibility index (Phi) is 6.88. The first-order valence-electron chi connectivity index (χ1n) is 10.3. The van der Waals surface area contributed by atoms with Crippen LogP contribution in [-0.4, -0.2) is 10.1 Å². The van der Waals surface area contributed by atoms with Crippen molar-refractivity contribution in [2.24, 2.45) is 0 Å². The number of unbranched alkanes of at least 4 members (excludes halogenated alkanes) is 1. The van der Waals surface area contributed by atoms with Crippen LogP contribution in [0.3, 0.4) is 0 Å². The minimum absolute atomic E-state index is 0. The second-order valence-corrected chi connectivity index (χ2v) is 7.73. The van der Waals surface area contributed by atoms with E-state index in [0.717, 1.165) is 44.2 Å². The van der Waals surface area contributed by atoms with E-state index in [2.05, 4.69) is 43.3 Å². The molecule has 144 valence electrons. The number of aliphatic hydroxyl groups excluding tert-OH is 1. The zero-order valence-electron chi connectivity index (χ0n) is 16.2. The summed E-state index contributed by atoms with van der Waals surface area (Å²) in [6.07, 6.45) is 11.9. The van der Waals surface area contributed by atoms with Gasteiger partial charge in [-0.15, -0.1) is 17.0 Å². The molecule has 0 spiro atoms. The number of pyridine rings is 1. The SMILES string of the molecule is Br.CCCCc1c2c(nc3c1CCCC3O)/C(=C/c1ccccc1)CCC2. The molecule has 0 radical (unpaired) electrons. The quantitative estimate of drug-likeness (QED) is 0.625. The zero-order valence-corrected chi connectivity index (χ0v) is 17.9. The molecule has 0 saturated heterocycles. The fourth-order valence-electron chi connectivity index (χ4n) is 4.55. The Bertz CT molecular complexity index is 813. The molecule has 0 amide bonds. The highest BCUT2D eigenvalue weighted by atomic mass is 79.9. The number of hydrogen-bond donors (Lipinski definition) is 1. The number of aromatic nitrogens is 1. The molecule has 27 heavy (non-hydrogen) atoms. The highest BCUT2D eigenvalue weighted by Crippen LogP contribution is 2.40. The van der Waals surface area contributed by atoms with E-state index >= 15 is 0 Å². The average Bonchev–Trinajstić information content (AvgIpc) is 2.67. The van der Waals surface area contributed by atoms with Crippen LogP contribution in [0, 0.1) is 0 Å². The third kappa shape index (κ3) is 4.20. The van der Waals surface area contributed by atoms with Gasteiger partial charge in [-0.3, -0.25) is 0 Å². The molecule has 2 aliphatic rings. The van der Waals surface area contributed by atoms with Gasteiger partial charge in [0.05, 0.1) is 17.5 Å². The first kappa shape index (κ1) is 20.3. The first-order chi connectivity index (χ1) is 12.8. The van der Waals surface area contributed by atoms with E-state index in [4.69, 9.17) is 4.98 Å². The van der Waals surface area contributed by atoms with Gasteiger partial charge in [0.1, 0.15) is 0 Å². The molecule has 2 aromatic rings. The molecule has 0 fully saturated rings. The summed E-state index contributed by atoms with van der Waals surface area (Å²) in [6.45, 7) is 2.26. The minimum Gasteiger partial charge on any atom is -0.387 e. The van der Waals surface area contributed by atoms with Crippen LogP contribution in [-0.2, 0) is 19.3 Å². The van der Waals surface area contributed by atoms with Gasteiger partial charge in [0.15, 0.2) is 0 Å². The fraction of sp³-hybridized carbons (Fsp3) is 0.458. The summed E-state index contributed by atoms with van der Waals surface area (Å²) in [4.78, 5) is 5.06. The van der Waals surface area contributed by atoms with Gasteiger partial charge in [0, 0.05) is 0 Å². The predicted molar refractivity (Wildman–Crippen MR) is 118 cm³/mol. The molecule has 0 bridgehead atoms. The third-order valence-electron chi connectivity index (χ3n) is 5.87. The summed E-state index contributed by atoms with van der Waals surface area (Å²) in [5.41, 5.74) is 9.09.